The Bertz CT molecular complexity index is 864. The van der Waals surface area contributed by atoms with E-state index in [9.17, 15) is 14.7 Å². The van der Waals surface area contributed by atoms with Crippen molar-refractivity contribution in [3.05, 3.63) is 53.3 Å². The summed E-state index contributed by atoms with van der Waals surface area (Å²) in [7, 11) is 1.80. The van der Waals surface area contributed by atoms with Gasteiger partial charge in [0.25, 0.3) is 5.91 Å². The molecule has 0 bridgehead atoms. The molecule has 2 amide bonds. The molecule has 0 spiro atoms. The molecule has 1 aromatic carbocycles. The smallest absolute Gasteiger partial charge is 0.254 e. The molecule has 0 saturated heterocycles. The molecule has 1 aromatic heterocycles. The van der Waals surface area contributed by atoms with E-state index in [0.29, 0.717) is 30.6 Å². The van der Waals surface area contributed by atoms with Gasteiger partial charge in [0.05, 0.1) is 23.4 Å². The average Bonchev–Trinajstić information content (AvgIpc) is 2.95. The van der Waals surface area contributed by atoms with E-state index in [-0.39, 0.29) is 23.3 Å². The lowest BCUT2D eigenvalue weighted by Crippen LogP contribution is -2.42. The maximum absolute atomic E-state index is 12.8. The third kappa shape index (κ3) is 4.85. The number of carbonyl (C=O) groups excluding carboxylic acids is 2. The van der Waals surface area contributed by atoms with E-state index in [2.05, 4.69) is 27.9 Å². The molecule has 3 atom stereocenters. The van der Waals surface area contributed by atoms with Crippen LogP contribution in [-0.2, 0) is 17.3 Å². The lowest BCUT2D eigenvalue weighted by atomic mass is 9.74. The lowest BCUT2D eigenvalue weighted by molar-refractivity contribution is -0.120. The van der Waals surface area contributed by atoms with Gasteiger partial charge < -0.3 is 15.7 Å². The number of nitrogens with one attached hydrogen (secondary N) is 2. The predicted octanol–water partition coefficient (Wildman–Crippen LogP) is 1.84. The summed E-state index contributed by atoms with van der Waals surface area (Å²) in [5.74, 6) is -0.282. The van der Waals surface area contributed by atoms with Crippen LogP contribution in [0.4, 0.5) is 0 Å². The summed E-state index contributed by atoms with van der Waals surface area (Å²) in [6.45, 7) is 3.75. The third-order valence-electron chi connectivity index (χ3n) is 5.94. The largest absolute Gasteiger partial charge is 0.391 e. The highest BCUT2D eigenvalue weighted by Crippen LogP contribution is 2.38. The van der Waals surface area contributed by atoms with Crippen molar-refractivity contribution in [1.82, 2.24) is 20.4 Å². The number of benzene rings is 1. The topological polar surface area (TPSA) is 96.3 Å². The van der Waals surface area contributed by atoms with Crippen LogP contribution in [0.5, 0.6) is 0 Å². The number of aromatic nitrogens is 2. The van der Waals surface area contributed by atoms with Crippen LogP contribution >= 0.6 is 0 Å². The van der Waals surface area contributed by atoms with Gasteiger partial charge in [-0.25, -0.2) is 0 Å². The maximum Gasteiger partial charge on any atom is 0.254 e. The molecular weight excluding hydrogens is 368 g/mol. The fourth-order valence-electron chi connectivity index (χ4n) is 4.33. The molecule has 3 N–H and O–H groups in total. The number of hydrogen-bond donors (Lipinski definition) is 3. The van der Waals surface area contributed by atoms with E-state index in [4.69, 9.17) is 0 Å². The average molecular weight is 399 g/mol. The zero-order valence-electron chi connectivity index (χ0n) is 17.3. The Morgan fingerprint density at radius 3 is 2.55 bits per heavy atom. The van der Waals surface area contributed by atoms with Crippen molar-refractivity contribution in [3.63, 3.8) is 0 Å². The fraction of sp³-hybridized carbons (Fsp3) is 0.500. The van der Waals surface area contributed by atoms with Crippen molar-refractivity contribution in [2.24, 2.45) is 7.05 Å². The van der Waals surface area contributed by atoms with Crippen molar-refractivity contribution < 1.29 is 14.7 Å². The van der Waals surface area contributed by atoms with E-state index < -0.39 is 6.10 Å². The molecule has 3 rings (SSSR count). The molecule has 1 aliphatic carbocycles. The fourth-order valence-corrected chi connectivity index (χ4v) is 4.33. The van der Waals surface area contributed by atoms with Crippen molar-refractivity contribution in [2.75, 3.05) is 6.54 Å². The second kappa shape index (κ2) is 8.78. The number of carbonyl (C=O) groups is 2. The lowest BCUT2D eigenvalue weighted by Gasteiger charge is -2.34. The summed E-state index contributed by atoms with van der Waals surface area (Å²) < 4.78 is 1.64. The van der Waals surface area contributed by atoms with Gasteiger partial charge in [-0.05, 0) is 38.2 Å². The highest BCUT2D eigenvalue weighted by molar-refractivity contribution is 5.95. The first-order valence-corrected chi connectivity index (χ1v) is 10.1. The van der Waals surface area contributed by atoms with Crippen molar-refractivity contribution in [1.29, 1.82) is 0 Å². The Hall–Kier alpha value is -2.67. The van der Waals surface area contributed by atoms with Crippen LogP contribution in [0.2, 0.25) is 0 Å². The minimum atomic E-state index is -0.597. The molecule has 1 heterocycles. The molecule has 1 saturated carbocycles. The van der Waals surface area contributed by atoms with Crippen LogP contribution in [0.3, 0.4) is 0 Å². The number of nitrogens with zero attached hydrogens (tertiary/aromatic N) is 2. The molecule has 1 aliphatic rings. The van der Waals surface area contributed by atoms with Gasteiger partial charge in [-0.15, -0.1) is 0 Å². The van der Waals surface area contributed by atoms with Crippen LogP contribution in [0.1, 0.15) is 54.2 Å². The Morgan fingerprint density at radius 2 is 1.93 bits per heavy atom. The van der Waals surface area contributed by atoms with Gasteiger partial charge in [-0.3, -0.25) is 14.3 Å². The Morgan fingerprint density at radius 1 is 1.24 bits per heavy atom. The highest BCUT2D eigenvalue weighted by Gasteiger charge is 2.38. The molecule has 29 heavy (non-hydrogen) atoms. The molecule has 0 radical (unpaired) electrons. The number of rotatable bonds is 5. The monoisotopic (exact) mass is 398 g/mol. The van der Waals surface area contributed by atoms with Crippen LogP contribution in [0, 0.1) is 6.92 Å². The van der Waals surface area contributed by atoms with Gasteiger partial charge in [-0.2, -0.15) is 5.10 Å². The third-order valence-corrected chi connectivity index (χ3v) is 5.94. The maximum atomic E-state index is 12.8. The van der Waals surface area contributed by atoms with Gasteiger partial charge >= 0.3 is 0 Å². The van der Waals surface area contributed by atoms with Gasteiger partial charge in [0, 0.05) is 32.1 Å². The molecule has 7 nitrogen and oxygen atoms in total. The van der Waals surface area contributed by atoms with E-state index in [1.807, 2.05) is 25.1 Å². The zero-order chi connectivity index (χ0) is 21.0. The molecule has 1 fully saturated rings. The number of hydrogen-bond acceptors (Lipinski definition) is 4. The Kier molecular flexibility index (Phi) is 6.37. The van der Waals surface area contributed by atoms with Crippen LogP contribution < -0.4 is 10.6 Å². The number of aryl methyl sites for hydroxylation is 2. The van der Waals surface area contributed by atoms with Crippen molar-refractivity contribution in [3.8, 4) is 0 Å². The Balaban J connectivity index is 1.82. The summed E-state index contributed by atoms with van der Waals surface area (Å²) in [6.07, 6.45) is 3.81. The molecule has 0 unspecified atom stereocenters. The first-order valence-electron chi connectivity index (χ1n) is 10.1. The number of amides is 2. The summed E-state index contributed by atoms with van der Waals surface area (Å²) in [5, 5.41) is 20.8. The van der Waals surface area contributed by atoms with Gasteiger partial charge in [0.1, 0.15) is 0 Å². The van der Waals surface area contributed by atoms with E-state index in [1.54, 1.807) is 17.9 Å². The minimum Gasteiger partial charge on any atom is -0.391 e. The van der Waals surface area contributed by atoms with Crippen LogP contribution in [0.25, 0.3) is 0 Å². The summed E-state index contributed by atoms with van der Waals surface area (Å²) >= 11 is 0. The molecule has 7 heteroatoms. The molecular formula is C22H30N4O3. The van der Waals surface area contributed by atoms with Crippen LogP contribution in [-0.4, -0.2) is 45.4 Å². The number of aliphatic hydroxyl groups is 1. The molecule has 156 valence electrons. The van der Waals surface area contributed by atoms with Crippen molar-refractivity contribution in [2.45, 2.75) is 57.1 Å². The first kappa shape index (κ1) is 21.0. The standard InChI is InChI=1S/C22H30N4O3/c1-15-18(13-26(3)25-15)21(29)23-14-22(17-7-5-4-6-8-17)11-9-19(24-16(2)27)20(28)10-12-22/h4-8,13,19-20,28H,9-12,14H2,1-3H3,(H,23,29)(H,24,27)/t19-,20-,22-/m0/s1. The highest BCUT2D eigenvalue weighted by atomic mass is 16.3. The summed E-state index contributed by atoms with van der Waals surface area (Å²) in [4.78, 5) is 24.3. The van der Waals surface area contributed by atoms with Crippen LogP contribution in [0.15, 0.2) is 36.5 Å². The summed E-state index contributed by atoms with van der Waals surface area (Å²) in [6, 6.07) is 9.85. The normalized spacial score (nSPS) is 24.6. The molecule has 0 aliphatic heterocycles. The van der Waals surface area contributed by atoms with Crippen molar-refractivity contribution >= 4 is 11.8 Å². The Labute approximate surface area is 171 Å². The first-order chi connectivity index (χ1) is 13.8. The molecule has 2 aromatic rings. The SMILES string of the molecule is CC(=O)N[C@H]1CC[C@](CNC(=O)c2cn(C)nc2C)(c2ccccc2)CC[C@@H]1O. The van der Waals surface area contributed by atoms with E-state index in [0.717, 1.165) is 18.4 Å². The van der Waals surface area contributed by atoms with E-state index >= 15 is 0 Å². The van der Waals surface area contributed by atoms with E-state index in [1.165, 1.54) is 6.92 Å². The zero-order valence-corrected chi connectivity index (χ0v) is 17.3. The minimum absolute atomic E-state index is 0.137. The second-order valence-corrected chi connectivity index (χ2v) is 8.08. The second-order valence-electron chi connectivity index (χ2n) is 8.08. The van der Waals surface area contributed by atoms with Gasteiger partial charge in [-0.1, -0.05) is 30.3 Å². The van der Waals surface area contributed by atoms with Gasteiger partial charge in [0.15, 0.2) is 0 Å². The predicted molar refractivity (Wildman–Crippen MR) is 110 cm³/mol. The quantitative estimate of drug-likeness (QED) is 0.670. The van der Waals surface area contributed by atoms with Gasteiger partial charge in [0.2, 0.25) is 5.91 Å². The summed E-state index contributed by atoms with van der Waals surface area (Å²) in [5.41, 5.74) is 2.10. The number of aliphatic hydroxyl groups excluding tert-OH is 1.